The number of thiazole rings is 1. The lowest BCUT2D eigenvalue weighted by molar-refractivity contribution is 0.0603. The monoisotopic (exact) mass is 464 g/mol. The predicted octanol–water partition coefficient (Wildman–Crippen LogP) is 6.27. The number of para-hydroxylation sites is 1. The highest BCUT2D eigenvalue weighted by atomic mass is 35.5. The average Bonchev–Trinajstić information content (AvgIpc) is 3.49. The number of aromatic amines is 1. The van der Waals surface area contributed by atoms with E-state index in [2.05, 4.69) is 40.6 Å². The first kappa shape index (κ1) is 20.7. The zero-order valence-electron chi connectivity index (χ0n) is 17.8. The molecule has 0 aliphatic carbocycles. The minimum Gasteiger partial charge on any atom is -0.465 e. The van der Waals surface area contributed by atoms with Gasteiger partial charge in [0.15, 0.2) is 11.0 Å². The maximum absolute atomic E-state index is 12.1. The minimum atomic E-state index is -0.416. The Labute approximate surface area is 193 Å². The Morgan fingerprint density at radius 1 is 1.25 bits per heavy atom. The van der Waals surface area contributed by atoms with Gasteiger partial charge in [-0.2, -0.15) is 0 Å². The van der Waals surface area contributed by atoms with Crippen molar-refractivity contribution in [2.24, 2.45) is 5.92 Å². The first-order chi connectivity index (χ1) is 15.4. The van der Waals surface area contributed by atoms with Crippen molar-refractivity contribution in [1.82, 2.24) is 19.5 Å². The lowest BCUT2D eigenvalue weighted by atomic mass is 10.0. The molecule has 0 spiro atoms. The van der Waals surface area contributed by atoms with Crippen molar-refractivity contribution in [3.05, 3.63) is 64.1 Å². The minimum absolute atomic E-state index is 0.416. The maximum Gasteiger partial charge on any atom is 0.340 e. The van der Waals surface area contributed by atoms with Crippen molar-refractivity contribution in [2.45, 2.75) is 20.3 Å². The highest BCUT2D eigenvalue weighted by molar-refractivity contribution is 7.12. The summed E-state index contributed by atoms with van der Waals surface area (Å²) in [6.45, 7) is 4.43. The number of ether oxygens (including phenoxy) is 1. The van der Waals surface area contributed by atoms with Crippen molar-refractivity contribution in [3.63, 3.8) is 0 Å². The van der Waals surface area contributed by atoms with Crippen LogP contribution >= 0.6 is 22.9 Å². The van der Waals surface area contributed by atoms with Crippen molar-refractivity contribution >= 4 is 50.8 Å². The number of benzene rings is 2. The number of carbonyl (C=O) groups is 1. The summed E-state index contributed by atoms with van der Waals surface area (Å²) in [5, 5.41) is 4.67. The topological polar surface area (TPSA) is 72.8 Å². The van der Waals surface area contributed by atoms with Crippen LogP contribution in [0.3, 0.4) is 0 Å². The molecular weight excluding hydrogens is 444 g/mol. The van der Waals surface area contributed by atoms with Gasteiger partial charge in [-0.1, -0.05) is 37.6 Å². The number of esters is 1. The fourth-order valence-corrected chi connectivity index (χ4v) is 4.91. The zero-order chi connectivity index (χ0) is 22.4. The Kier molecular flexibility index (Phi) is 5.23. The van der Waals surface area contributed by atoms with Crippen LogP contribution in [0.1, 0.15) is 29.8 Å². The standard InChI is InChI=1S/C24H21ClN4O2S/c1-13(2)9-14-11-29(20-10-15(25)7-8-16(14)20)24-27-19(12-32-24)22-26-18-6-4-5-17(21(18)28-22)23(30)31-3/h4-8,10-13H,9H2,1-3H3,(H,26,28). The lowest BCUT2D eigenvalue weighted by Gasteiger charge is -2.02. The summed E-state index contributed by atoms with van der Waals surface area (Å²) in [7, 11) is 1.36. The molecule has 8 heteroatoms. The molecule has 0 saturated carbocycles. The van der Waals surface area contributed by atoms with Crippen LogP contribution in [0.4, 0.5) is 0 Å². The first-order valence-electron chi connectivity index (χ1n) is 10.3. The van der Waals surface area contributed by atoms with Gasteiger partial charge in [0.25, 0.3) is 0 Å². The van der Waals surface area contributed by atoms with E-state index in [0.717, 1.165) is 22.6 Å². The van der Waals surface area contributed by atoms with Gasteiger partial charge in [-0.3, -0.25) is 4.57 Å². The molecule has 1 N–H and O–H groups in total. The molecule has 0 unspecified atom stereocenters. The van der Waals surface area contributed by atoms with Crippen molar-refractivity contribution in [1.29, 1.82) is 0 Å². The molecule has 0 saturated heterocycles. The number of halogens is 1. The Morgan fingerprint density at radius 3 is 2.88 bits per heavy atom. The first-order valence-corrected chi connectivity index (χ1v) is 11.5. The molecule has 32 heavy (non-hydrogen) atoms. The molecule has 5 rings (SSSR count). The van der Waals surface area contributed by atoms with E-state index in [4.69, 9.17) is 21.3 Å². The SMILES string of the molecule is COC(=O)c1cccc2[nH]c(-c3csc(-n4cc(CC(C)C)c5ccc(Cl)cc54)n3)nc12. The number of hydrogen-bond donors (Lipinski definition) is 1. The van der Waals surface area contributed by atoms with Gasteiger partial charge in [0.05, 0.1) is 23.7 Å². The van der Waals surface area contributed by atoms with E-state index in [0.29, 0.717) is 33.5 Å². The fourth-order valence-electron chi connectivity index (χ4n) is 3.94. The Hall–Kier alpha value is -3.16. The molecule has 0 amide bonds. The van der Waals surface area contributed by atoms with Gasteiger partial charge in [0.1, 0.15) is 11.2 Å². The number of nitrogens with zero attached hydrogens (tertiary/aromatic N) is 3. The summed E-state index contributed by atoms with van der Waals surface area (Å²) in [5.74, 6) is 0.730. The van der Waals surface area contributed by atoms with Gasteiger partial charge >= 0.3 is 5.97 Å². The van der Waals surface area contributed by atoms with Crippen LogP contribution < -0.4 is 0 Å². The zero-order valence-corrected chi connectivity index (χ0v) is 19.4. The number of methoxy groups -OCH3 is 1. The molecule has 6 nitrogen and oxygen atoms in total. The van der Waals surface area contributed by atoms with Crippen molar-refractivity contribution in [2.75, 3.05) is 7.11 Å². The molecule has 0 bridgehead atoms. The van der Waals surface area contributed by atoms with Crippen LogP contribution in [0.25, 0.3) is 38.6 Å². The fraction of sp³-hybridized carbons (Fsp3) is 0.208. The van der Waals surface area contributed by atoms with Gasteiger partial charge in [0, 0.05) is 22.0 Å². The third-order valence-corrected chi connectivity index (χ3v) is 6.41. The van der Waals surface area contributed by atoms with E-state index in [1.165, 1.54) is 29.4 Å². The molecule has 3 aromatic heterocycles. The molecule has 0 aliphatic rings. The number of rotatable bonds is 5. The summed E-state index contributed by atoms with van der Waals surface area (Å²) >= 11 is 7.84. The molecule has 0 radical (unpaired) electrons. The summed E-state index contributed by atoms with van der Waals surface area (Å²) < 4.78 is 6.97. The predicted molar refractivity (Wildman–Crippen MR) is 129 cm³/mol. The number of aromatic nitrogens is 4. The molecule has 0 atom stereocenters. The van der Waals surface area contributed by atoms with Crippen LogP contribution in [0.15, 0.2) is 48.0 Å². The molecule has 5 aromatic rings. The van der Waals surface area contributed by atoms with Gasteiger partial charge in [-0.05, 0) is 42.2 Å². The number of fused-ring (bicyclic) bond motifs is 2. The third kappa shape index (κ3) is 3.57. The van der Waals surface area contributed by atoms with Crippen LogP contribution in [0.2, 0.25) is 5.02 Å². The van der Waals surface area contributed by atoms with Crippen molar-refractivity contribution in [3.8, 4) is 16.6 Å². The molecular formula is C24H21ClN4O2S. The van der Waals surface area contributed by atoms with E-state index in [1.54, 1.807) is 12.1 Å². The van der Waals surface area contributed by atoms with E-state index in [1.807, 2.05) is 23.6 Å². The van der Waals surface area contributed by atoms with Gasteiger partial charge < -0.3 is 9.72 Å². The molecule has 0 aliphatic heterocycles. The number of nitrogens with one attached hydrogen (secondary N) is 1. The van der Waals surface area contributed by atoms with Crippen molar-refractivity contribution < 1.29 is 9.53 Å². The smallest absolute Gasteiger partial charge is 0.340 e. The maximum atomic E-state index is 12.1. The molecule has 0 fully saturated rings. The summed E-state index contributed by atoms with van der Waals surface area (Å²) in [4.78, 5) is 24.8. The van der Waals surface area contributed by atoms with Crippen LogP contribution in [0, 0.1) is 5.92 Å². The average molecular weight is 465 g/mol. The molecule has 162 valence electrons. The van der Waals surface area contributed by atoms with Gasteiger partial charge in [-0.15, -0.1) is 11.3 Å². The third-order valence-electron chi connectivity index (χ3n) is 5.34. The highest BCUT2D eigenvalue weighted by Gasteiger charge is 2.18. The summed E-state index contributed by atoms with van der Waals surface area (Å²) in [6, 6.07) is 11.4. The van der Waals surface area contributed by atoms with Crippen LogP contribution in [0.5, 0.6) is 0 Å². The quantitative estimate of drug-likeness (QED) is 0.311. The highest BCUT2D eigenvalue weighted by Crippen LogP contribution is 2.32. The molecule has 3 heterocycles. The number of carbonyl (C=O) groups excluding carboxylic acids is 1. The Morgan fingerprint density at radius 2 is 2.09 bits per heavy atom. The largest absolute Gasteiger partial charge is 0.465 e. The van der Waals surface area contributed by atoms with Crippen LogP contribution in [-0.4, -0.2) is 32.6 Å². The van der Waals surface area contributed by atoms with Gasteiger partial charge in [0.2, 0.25) is 0 Å². The second-order valence-corrected chi connectivity index (χ2v) is 9.35. The lowest BCUT2D eigenvalue weighted by Crippen LogP contribution is -2.01. The second kappa shape index (κ2) is 8.07. The number of hydrogen-bond acceptors (Lipinski definition) is 5. The van der Waals surface area contributed by atoms with Gasteiger partial charge in [-0.25, -0.2) is 14.8 Å². The summed E-state index contributed by atoms with van der Waals surface area (Å²) in [5.41, 5.74) is 4.77. The van der Waals surface area contributed by atoms with E-state index in [9.17, 15) is 4.79 Å². The normalized spacial score (nSPS) is 11.7. The van der Waals surface area contributed by atoms with E-state index in [-0.39, 0.29) is 0 Å². The number of H-pyrrole nitrogens is 1. The Balaban J connectivity index is 1.59. The second-order valence-electron chi connectivity index (χ2n) is 8.08. The Bertz CT molecular complexity index is 1460. The molecule has 2 aromatic carbocycles. The number of imidazole rings is 1. The van der Waals surface area contributed by atoms with Crippen LogP contribution in [-0.2, 0) is 11.2 Å². The summed E-state index contributed by atoms with van der Waals surface area (Å²) in [6.07, 6.45) is 3.13. The van der Waals surface area contributed by atoms with E-state index >= 15 is 0 Å². The van der Waals surface area contributed by atoms with E-state index < -0.39 is 5.97 Å².